The lowest BCUT2D eigenvalue weighted by atomic mass is 10.0. The number of nitrogens with zero attached hydrogens (tertiary/aromatic N) is 1. The number of carbonyl (C=O) groups excluding carboxylic acids is 11. The molecule has 0 saturated heterocycles. The molecule has 2 aromatic heterocycles. The van der Waals surface area contributed by atoms with Crippen molar-refractivity contribution < 1.29 is 57.5 Å². The van der Waals surface area contributed by atoms with Crippen molar-refractivity contribution in [2.75, 3.05) is 18.6 Å². The predicted molar refractivity (Wildman–Crippen MR) is 310 cm³/mol. The zero-order valence-corrected chi connectivity index (χ0v) is 49.1. The van der Waals surface area contributed by atoms with Crippen LogP contribution in [-0.4, -0.2) is 153 Å². The van der Waals surface area contributed by atoms with Gasteiger partial charge in [-0.25, -0.2) is 9.78 Å². The number of para-hydroxylation sites is 1. The van der Waals surface area contributed by atoms with E-state index >= 15 is 0 Å². The summed E-state index contributed by atoms with van der Waals surface area (Å²) in [6, 6.07) is 5.45. The van der Waals surface area contributed by atoms with Gasteiger partial charge in [0.2, 0.25) is 59.1 Å². The molecule has 2 aromatic carbocycles. The van der Waals surface area contributed by atoms with Gasteiger partial charge in [-0.05, 0) is 81.6 Å². The smallest absolute Gasteiger partial charge is 0.408 e. The van der Waals surface area contributed by atoms with E-state index in [9.17, 15) is 52.7 Å². The maximum absolute atomic E-state index is 14.5. The number of imidazole rings is 1. The van der Waals surface area contributed by atoms with E-state index in [0.29, 0.717) is 22.6 Å². The van der Waals surface area contributed by atoms with E-state index in [-0.39, 0.29) is 38.0 Å². The Hall–Kier alpha value is -8.49. The molecule has 0 fully saturated rings. The van der Waals surface area contributed by atoms with Crippen LogP contribution >= 0.6 is 11.8 Å². The summed E-state index contributed by atoms with van der Waals surface area (Å²) in [5.74, 6) is -8.22. The topological polar surface area (TPSA) is 402 Å². The van der Waals surface area contributed by atoms with E-state index in [1.807, 2.05) is 38.3 Å². The number of alkyl carbamates (subject to hydrolysis) is 1. The van der Waals surface area contributed by atoms with E-state index in [1.54, 1.807) is 77.2 Å². The van der Waals surface area contributed by atoms with Gasteiger partial charge in [0.25, 0.3) is 0 Å². The number of hydrogen-bond acceptors (Lipinski definition) is 14. The minimum absolute atomic E-state index is 0.0866. The zero-order valence-electron chi connectivity index (χ0n) is 48.3. The standard InChI is InChI=1S/C56H80N14O12S/c1-30(2)21-39(50(76)65-38(47(58)73)19-20-83-9)66-52(78)42(24-35-27-59-29-62-35)64-45(72)28-61-54(80)46(31(3)4)70-48(74)32(5)63-49(75)41(23-34-26-60-37-18-14-13-17-36(34)37)68-51(77)40(22-33-15-11-10-12-16-33)67-53(79)43(25-44(57)71)69-55(81)82-56(6,7)8/h10-18,26-27,29-32,38-43,46,60H,19-25,28H2,1-9H3,(H2,57,71)(H2,58,73)(H,59,62)(H,61,80)(H,63,75)(H,64,72)(H,65,76)(H,66,78)(H,67,79)(H,68,77)(H,69,81)(H,70,74)/t32-,38-,39-,40+,41-,42-,43-,46-/m0/s1. The third-order valence-corrected chi connectivity index (χ3v) is 13.4. The van der Waals surface area contributed by atoms with Gasteiger partial charge in [0.1, 0.15) is 53.9 Å². The van der Waals surface area contributed by atoms with Gasteiger partial charge < -0.3 is 74.0 Å². The average Bonchev–Trinajstić information content (AvgIpc) is 4.35. The highest BCUT2D eigenvalue weighted by Gasteiger charge is 2.35. The van der Waals surface area contributed by atoms with Crippen LogP contribution in [0.15, 0.2) is 73.3 Å². The predicted octanol–water partition coefficient (Wildman–Crippen LogP) is 0.158. The molecule has 0 radical (unpaired) electrons. The number of amides is 11. The van der Waals surface area contributed by atoms with Gasteiger partial charge in [0.15, 0.2) is 0 Å². The first-order valence-corrected chi connectivity index (χ1v) is 28.5. The normalized spacial score (nSPS) is 14.3. The van der Waals surface area contributed by atoms with Gasteiger partial charge in [-0.1, -0.05) is 76.2 Å². The molecule has 11 amide bonds. The van der Waals surface area contributed by atoms with Crippen molar-refractivity contribution in [3.63, 3.8) is 0 Å². The lowest BCUT2D eigenvalue weighted by Gasteiger charge is -2.27. The molecule has 0 aliphatic heterocycles. The highest BCUT2D eigenvalue weighted by atomic mass is 32.2. The molecule has 15 N–H and O–H groups in total. The van der Waals surface area contributed by atoms with Gasteiger partial charge in [0, 0.05) is 48.3 Å². The first kappa shape index (κ1) is 67.0. The fourth-order valence-corrected chi connectivity index (χ4v) is 8.97. The number of rotatable bonds is 32. The Labute approximate surface area is 486 Å². The summed E-state index contributed by atoms with van der Waals surface area (Å²) in [7, 11) is 0. The molecule has 0 bridgehead atoms. The number of carbonyl (C=O) groups is 11. The molecule has 0 saturated carbocycles. The average molecular weight is 1170 g/mol. The minimum atomic E-state index is -1.56. The number of ether oxygens (including phenoxy) is 1. The lowest BCUT2D eigenvalue weighted by molar-refractivity contribution is -0.135. The van der Waals surface area contributed by atoms with Crippen LogP contribution in [0.5, 0.6) is 0 Å². The number of primary amides is 2. The van der Waals surface area contributed by atoms with Crippen molar-refractivity contribution in [1.29, 1.82) is 0 Å². The number of nitrogens with two attached hydrogens (primary N) is 2. The van der Waals surface area contributed by atoms with Crippen molar-refractivity contribution in [3.8, 4) is 0 Å². The molecule has 0 aliphatic rings. The van der Waals surface area contributed by atoms with Gasteiger partial charge in [0.05, 0.1) is 19.3 Å². The Morgan fingerprint density at radius 1 is 0.627 bits per heavy atom. The second-order valence-electron chi connectivity index (χ2n) is 21.8. The fraction of sp³-hybridized carbons (Fsp3) is 0.500. The third-order valence-electron chi connectivity index (χ3n) is 12.7. The van der Waals surface area contributed by atoms with Gasteiger partial charge in [-0.15, -0.1) is 0 Å². The zero-order chi connectivity index (χ0) is 61.6. The summed E-state index contributed by atoms with van der Waals surface area (Å²) in [6.45, 7) is 12.5. The van der Waals surface area contributed by atoms with Crippen LogP contribution in [0.3, 0.4) is 0 Å². The fourth-order valence-electron chi connectivity index (χ4n) is 8.50. The van der Waals surface area contributed by atoms with Crippen LogP contribution in [0.25, 0.3) is 10.9 Å². The molecule has 0 spiro atoms. The van der Waals surface area contributed by atoms with E-state index in [2.05, 4.69) is 62.8 Å². The van der Waals surface area contributed by atoms with Crippen LogP contribution in [0.2, 0.25) is 0 Å². The Morgan fingerprint density at radius 2 is 1.20 bits per heavy atom. The summed E-state index contributed by atoms with van der Waals surface area (Å²) in [6.07, 6.45) is 4.76. The summed E-state index contributed by atoms with van der Waals surface area (Å²) in [5, 5.41) is 24.1. The Bertz CT molecular complexity index is 2880. The van der Waals surface area contributed by atoms with Gasteiger partial charge in [-0.3, -0.25) is 47.9 Å². The number of thioether (sulfide) groups is 1. The number of benzene rings is 2. The molecule has 2 heterocycles. The number of aromatic nitrogens is 3. The molecular formula is C56H80N14O12S. The molecule has 27 heteroatoms. The molecule has 0 aliphatic carbocycles. The molecule has 83 heavy (non-hydrogen) atoms. The van der Waals surface area contributed by atoms with Gasteiger partial charge >= 0.3 is 6.09 Å². The number of aromatic amines is 2. The molecule has 8 atom stereocenters. The number of fused-ring (bicyclic) bond motifs is 1. The Kier molecular flexibility index (Phi) is 26.0. The van der Waals surface area contributed by atoms with Crippen molar-refractivity contribution in [1.82, 2.24) is 62.8 Å². The first-order chi connectivity index (χ1) is 39.1. The quantitative estimate of drug-likeness (QED) is 0.0310. The lowest BCUT2D eigenvalue weighted by Crippen LogP contribution is -2.60. The highest BCUT2D eigenvalue weighted by Crippen LogP contribution is 2.20. The summed E-state index contributed by atoms with van der Waals surface area (Å²) in [5.41, 5.74) is 12.4. The second-order valence-corrected chi connectivity index (χ2v) is 22.7. The molecular weight excluding hydrogens is 1090 g/mol. The van der Waals surface area contributed by atoms with Crippen LogP contribution in [0.1, 0.15) is 91.5 Å². The number of H-pyrrole nitrogens is 2. The first-order valence-electron chi connectivity index (χ1n) is 27.2. The van der Waals surface area contributed by atoms with Crippen LogP contribution in [0.4, 0.5) is 4.79 Å². The van der Waals surface area contributed by atoms with E-state index in [4.69, 9.17) is 16.2 Å². The molecule has 4 rings (SSSR count). The van der Waals surface area contributed by atoms with E-state index < -0.39 is 138 Å². The summed E-state index contributed by atoms with van der Waals surface area (Å²) in [4.78, 5) is 158. The third kappa shape index (κ3) is 22.8. The van der Waals surface area contributed by atoms with Crippen molar-refractivity contribution in [2.24, 2.45) is 23.3 Å². The maximum Gasteiger partial charge on any atom is 0.408 e. The summed E-state index contributed by atoms with van der Waals surface area (Å²) < 4.78 is 5.29. The Balaban J connectivity index is 1.50. The van der Waals surface area contributed by atoms with Crippen molar-refractivity contribution in [3.05, 3.63) is 90.1 Å². The Morgan fingerprint density at radius 3 is 1.80 bits per heavy atom. The van der Waals surface area contributed by atoms with E-state index in [1.165, 1.54) is 31.2 Å². The van der Waals surface area contributed by atoms with E-state index in [0.717, 1.165) is 10.9 Å². The van der Waals surface area contributed by atoms with Crippen molar-refractivity contribution >= 4 is 87.8 Å². The molecule has 4 aromatic rings. The van der Waals surface area contributed by atoms with Crippen molar-refractivity contribution in [2.45, 2.75) is 148 Å². The second kappa shape index (κ2) is 32.2. The minimum Gasteiger partial charge on any atom is -0.444 e. The SMILES string of the molecule is CSCC[C@H](NC(=O)[C@H](CC(C)C)NC(=O)[C@H](Cc1cnc[nH]1)NC(=O)CNC(=O)[C@@H](NC(=O)[C@H](C)NC(=O)[C@H](Cc1c[nH]c2ccccc12)NC(=O)[C@@H](Cc1ccccc1)NC(=O)[C@H](CC(N)=O)NC(=O)OC(C)(C)C)C(C)C)C(N)=O. The molecule has 26 nitrogen and oxygen atoms in total. The van der Waals surface area contributed by atoms with Gasteiger partial charge in [-0.2, -0.15) is 11.8 Å². The number of nitrogens with one attached hydrogen (secondary N) is 11. The largest absolute Gasteiger partial charge is 0.444 e. The number of hydrogen-bond donors (Lipinski definition) is 13. The molecule has 452 valence electrons. The molecule has 0 unspecified atom stereocenters. The summed E-state index contributed by atoms with van der Waals surface area (Å²) >= 11 is 1.46. The van der Waals surface area contributed by atoms with Crippen LogP contribution in [0, 0.1) is 11.8 Å². The van der Waals surface area contributed by atoms with Crippen LogP contribution in [-0.2, 0) is 71.9 Å². The maximum atomic E-state index is 14.5. The monoisotopic (exact) mass is 1170 g/mol. The highest BCUT2D eigenvalue weighted by molar-refractivity contribution is 7.98. The van der Waals surface area contributed by atoms with Crippen LogP contribution < -0.4 is 59.3 Å².